The molecule has 7 atom stereocenters. The molecule has 7 heteroatoms. The second kappa shape index (κ2) is 9.77. The summed E-state index contributed by atoms with van der Waals surface area (Å²) in [6.45, 7) is 18.0. The first-order valence-electron chi connectivity index (χ1n) is 16.5. The molecule has 3 saturated carbocycles. The minimum absolute atomic E-state index is 0.0350. The highest BCUT2D eigenvalue weighted by atomic mass is 16.6. The standard InChI is InChI=1S/C36H50N2O5/c1-31(2)10-12-36(22-43-30(41)38-14-16-42-17-15-38)13-11-35(7)28(24(36)20-31)25(39)18-27-33(5)19-23(21-37)29(40)32(3,4)26(33)8-9-34(27,35)6/h18-19,24,26,28H,8-17,20,22H2,1-7H3. The Hall–Kier alpha value is -2.46. The van der Waals surface area contributed by atoms with Crippen LogP contribution in [0.15, 0.2) is 23.3 Å². The van der Waals surface area contributed by atoms with Gasteiger partial charge in [-0.1, -0.05) is 60.1 Å². The molecular weight excluding hydrogens is 540 g/mol. The van der Waals surface area contributed by atoms with Gasteiger partial charge in [-0.05, 0) is 79.1 Å². The fraction of sp³-hybridized carbons (Fsp3) is 0.778. The maximum atomic E-state index is 14.7. The number of nitrogens with zero attached hydrogens (tertiary/aromatic N) is 2. The molecule has 0 bridgehead atoms. The van der Waals surface area contributed by atoms with E-state index in [-0.39, 0.29) is 62.6 Å². The molecule has 0 N–H and O–H groups in total. The van der Waals surface area contributed by atoms with Crippen LogP contribution in [0.3, 0.4) is 0 Å². The van der Waals surface area contributed by atoms with Crippen LogP contribution in [-0.4, -0.2) is 55.5 Å². The number of nitriles is 1. The number of hydrogen-bond donors (Lipinski definition) is 0. The second-order valence-corrected chi connectivity index (χ2v) is 16.8. The highest BCUT2D eigenvalue weighted by Gasteiger charge is 2.70. The third-order valence-corrected chi connectivity index (χ3v) is 13.8. The van der Waals surface area contributed by atoms with Crippen LogP contribution < -0.4 is 0 Å². The smallest absolute Gasteiger partial charge is 0.409 e. The minimum atomic E-state index is -0.670. The van der Waals surface area contributed by atoms with Crippen molar-refractivity contribution in [1.82, 2.24) is 4.90 Å². The molecule has 0 radical (unpaired) electrons. The lowest BCUT2D eigenvalue weighted by Crippen LogP contribution is -2.65. The van der Waals surface area contributed by atoms with Gasteiger partial charge in [0.15, 0.2) is 11.6 Å². The first-order chi connectivity index (χ1) is 20.0. The number of fused-ring (bicyclic) bond motifs is 7. The molecule has 6 aliphatic rings. The van der Waals surface area contributed by atoms with E-state index < -0.39 is 10.8 Å². The highest BCUT2D eigenvalue weighted by Crippen LogP contribution is 2.74. The van der Waals surface area contributed by atoms with E-state index in [9.17, 15) is 19.6 Å². The van der Waals surface area contributed by atoms with E-state index in [1.54, 1.807) is 4.90 Å². The number of carbonyl (C=O) groups is 3. The second-order valence-electron chi connectivity index (χ2n) is 16.8. The van der Waals surface area contributed by atoms with E-state index in [1.165, 1.54) is 0 Å². The van der Waals surface area contributed by atoms with Crippen molar-refractivity contribution in [2.45, 2.75) is 93.4 Å². The van der Waals surface area contributed by atoms with Gasteiger partial charge in [-0.2, -0.15) is 5.26 Å². The molecule has 0 aromatic carbocycles. The maximum Gasteiger partial charge on any atom is 0.409 e. The molecule has 43 heavy (non-hydrogen) atoms. The summed E-state index contributed by atoms with van der Waals surface area (Å²) in [5, 5.41) is 9.96. The van der Waals surface area contributed by atoms with Crippen molar-refractivity contribution in [3.8, 4) is 6.07 Å². The molecule has 7 unspecified atom stereocenters. The van der Waals surface area contributed by atoms with Gasteiger partial charge in [-0.15, -0.1) is 0 Å². The van der Waals surface area contributed by atoms with Gasteiger partial charge in [0.25, 0.3) is 0 Å². The van der Waals surface area contributed by atoms with E-state index in [2.05, 4.69) is 40.7 Å². The molecule has 0 spiro atoms. The lowest BCUT2D eigenvalue weighted by Gasteiger charge is -2.69. The summed E-state index contributed by atoms with van der Waals surface area (Å²) in [7, 11) is 0. The number of amides is 1. The topological polar surface area (TPSA) is 96.7 Å². The number of Topliss-reactive ketones (excluding diaryl/α,β-unsaturated/α-hetero) is 1. The Balaban J connectivity index is 1.40. The average molecular weight is 591 g/mol. The van der Waals surface area contributed by atoms with Crippen molar-refractivity contribution in [3.63, 3.8) is 0 Å². The Morgan fingerprint density at radius 1 is 1.02 bits per heavy atom. The lowest BCUT2D eigenvalue weighted by atomic mass is 9.34. The highest BCUT2D eigenvalue weighted by molar-refractivity contribution is 6.04. The maximum absolute atomic E-state index is 14.7. The Morgan fingerprint density at radius 3 is 2.37 bits per heavy atom. The molecule has 0 aromatic rings. The molecule has 1 saturated heterocycles. The van der Waals surface area contributed by atoms with Crippen molar-refractivity contribution in [3.05, 3.63) is 23.3 Å². The quantitative estimate of drug-likeness (QED) is 0.356. The summed E-state index contributed by atoms with van der Waals surface area (Å²) in [6, 6.07) is 2.20. The number of ether oxygens (including phenoxy) is 2. The first kappa shape index (κ1) is 30.6. The number of allylic oxidation sites excluding steroid dienone is 4. The van der Waals surface area contributed by atoms with Gasteiger partial charge in [-0.3, -0.25) is 9.59 Å². The van der Waals surface area contributed by atoms with Crippen molar-refractivity contribution < 1.29 is 23.9 Å². The summed E-state index contributed by atoms with van der Waals surface area (Å²) >= 11 is 0. The van der Waals surface area contributed by atoms with E-state index >= 15 is 0 Å². The van der Waals surface area contributed by atoms with E-state index in [4.69, 9.17) is 9.47 Å². The molecule has 1 amide bonds. The summed E-state index contributed by atoms with van der Waals surface area (Å²) in [5.74, 6) is 0.105. The van der Waals surface area contributed by atoms with Gasteiger partial charge >= 0.3 is 6.09 Å². The molecule has 1 heterocycles. The lowest BCUT2D eigenvalue weighted by molar-refractivity contribution is -0.178. The molecule has 5 aliphatic carbocycles. The Bertz CT molecular complexity index is 1350. The molecule has 4 fully saturated rings. The van der Waals surface area contributed by atoms with Crippen molar-refractivity contribution in [2.75, 3.05) is 32.9 Å². The normalized spacial score (nSPS) is 43.1. The number of rotatable bonds is 2. The largest absolute Gasteiger partial charge is 0.449 e. The Morgan fingerprint density at radius 2 is 1.70 bits per heavy atom. The van der Waals surface area contributed by atoms with E-state index in [0.29, 0.717) is 32.9 Å². The van der Waals surface area contributed by atoms with E-state index in [1.807, 2.05) is 26.0 Å². The molecule has 1 aliphatic heterocycles. The van der Waals surface area contributed by atoms with Crippen molar-refractivity contribution in [1.29, 1.82) is 5.26 Å². The zero-order valence-electron chi connectivity index (χ0n) is 27.3. The summed E-state index contributed by atoms with van der Waals surface area (Å²) in [4.78, 5) is 42.8. The van der Waals surface area contributed by atoms with Crippen LogP contribution in [0.2, 0.25) is 0 Å². The molecule has 234 valence electrons. The van der Waals surface area contributed by atoms with Gasteiger partial charge in [0, 0.05) is 35.3 Å². The number of morpholine rings is 1. The van der Waals surface area contributed by atoms with Gasteiger partial charge in [-0.25, -0.2) is 4.79 Å². The van der Waals surface area contributed by atoms with Crippen LogP contribution in [0.25, 0.3) is 0 Å². The minimum Gasteiger partial charge on any atom is -0.449 e. The third-order valence-electron chi connectivity index (χ3n) is 13.8. The van der Waals surface area contributed by atoms with Crippen LogP contribution in [0, 0.1) is 61.6 Å². The van der Waals surface area contributed by atoms with Gasteiger partial charge in [0.05, 0.1) is 25.4 Å². The van der Waals surface area contributed by atoms with Gasteiger partial charge < -0.3 is 14.4 Å². The summed E-state index contributed by atoms with van der Waals surface area (Å²) < 4.78 is 11.5. The van der Waals surface area contributed by atoms with Crippen LogP contribution in [0.1, 0.15) is 93.4 Å². The van der Waals surface area contributed by atoms with Crippen LogP contribution in [-0.2, 0) is 19.1 Å². The summed E-state index contributed by atoms with van der Waals surface area (Å²) in [6.07, 6.45) is 10.2. The molecular formula is C36H50N2O5. The molecule has 6 rings (SSSR count). The van der Waals surface area contributed by atoms with E-state index in [0.717, 1.165) is 50.5 Å². The fourth-order valence-electron chi connectivity index (χ4n) is 11.0. The summed E-state index contributed by atoms with van der Waals surface area (Å²) in [5.41, 5.74) is -0.486. The number of hydrogen-bond acceptors (Lipinski definition) is 6. The predicted molar refractivity (Wildman–Crippen MR) is 163 cm³/mol. The van der Waals surface area contributed by atoms with Crippen LogP contribution >= 0.6 is 0 Å². The van der Waals surface area contributed by atoms with Gasteiger partial charge in [0.2, 0.25) is 0 Å². The average Bonchev–Trinajstić information content (AvgIpc) is 2.95. The van der Waals surface area contributed by atoms with Crippen molar-refractivity contribution >= 4 is 17.7 Å². The number of carbonyl (C=O) groups excluding carboxylic acids is 3. The van der Waals surface area contributed by atoms with Crippen LogP contribution in [0.4, 0.5) is 4.79 Å². The number of ketones is 2. The molecule has 7 nitrogen and oxygen atoms in total. The predicted octanol–water partition coefficient (Wildman–Crippen LogP) is 6.67. The zero-order chi connectivity index (χ0) is 31.2. The monoisotopic (exact) mass is 590 g/mol. The Labute approximate surface area is 257 Å². The SMILES string of the molecule is CC1(C)CCC2(COC(=O)N3CCOCC3)CCC3(C)C(C(=O)C=C4C5(C)C=C(C#N)C(=O)C(C)(C)C5CCC43C)C2C1. The Kier molecular flexibility index (Phi) is 6.94. The van der Waals surface area contributed by atoms with Gasteiger partial charge in [0.1, 0.15) is 6.07 Å². The fourth-order valence-corrected chi connectivity index (χ4v) is 11.0. The zero-order valence-corrected chi connectivity index (χ0v) is 27.3. The first-order valence-corrected chi connectivity index (χ1v) is 16.5. The third kappa shape index (κ3) is 4.25. The van der Waals surface area contributed by atoms with Crippen LogP contribution in [0.5, 0.6) is 0 Å². The molecule has 0 aromatic heterocycles. The van der Waals surface area contributed by atoms with Crippen molar-refractivity contribution in [2.24, 2.45) is 50.2 Å².